The van der Waals surface area contributed by atoms with Crippen LogP contribution in [0.25, 0.3) is 0 Å². The molecule has 1 N–H and O–H groups in total. The van der Waals surface area contributed by atoms with Crippen LogP contribution in [0, 0.1) is 0 Å². The number of nitrogens with one attached hydrogen (secondary N) is 1. The number of alkyl halides is 1. The lowest BCUT2D eigenvalue weighted by Gasteiger charge is -2.44. The molecule has 0 saturated carbocycles. The Morgan fingerprint density at radius 3 is 2.15 bits per heavy atom. The predicted octanol–water partition coefficient (Wildman–Crippen LogP) is 2.01. The predicted molar refractivity (Wildman–Crippen MR) is 99.2 cm³/mol. The average molecular weight is 444 g/mol. The monoisotopic (exact) mass is 443 g/mol. The zero-order valence-electron chi connectivity index (χ0n) is 15.2. The van der Waals surface area contributed by atoms with E-state index < -0.39 is 47.3 Å². The van der Waals surface area contributed by atoms with Crippen LogP contribution >= 0.6 is 15.9 Å². The van der Waals surface area contributed by atoms with Gasteiger partial charge < -0.3 is 24.3 Å². The van der Waals surface area contributed by atoms with Gasteiger partial charge >= 0.3 is 17.9 Å². The molecule has 2 rings (SSSR count). The maximum absolute atomic E-state index is 11.7. The van der Waals surface area contributed by atoms with E-state index in [2.05, 4.69) is 21.2 Å². The van der Waals surface area contributed by atoms with Crippen molar-refractivity contribution < 1.29 is 33.3 Å². The lowest BCUT2D eigenvalue weighted by atomic mass is 9.97. The fourth-order valence-electron chi connectivity index (χ4n) is 2.77. The minimum absolute atomic E-state index is 0.148. The minimum Gasteiger partial charge on any atom is -0.463 e. The number of benzene rings is 1. The van der Waals surface area contributed by atoms with Crippen LogP contribution in [0.2, 0.25) is 0 Å². The third kappa shape index (κ3) is 6.21. The first-order chi connectivity index (χ1) is 12.8. The molecule has 1 aromatic rings. The van der Waals surface area contributed by atoms with E-state index in [0.717, 1.165) is 5.69 Å². The summed E-state index contributed by atoms with van der Waals surface area (Å²) in [4.78, 5) is 34.5. The van der Waals surface area contributed by atoms with Crippen molar-refractivity contribution in [3.8, 4) is 0 Å². The molecule has 0 aromatic heterocycles. The van der Waals surface area contributed by atoms with Crippen LogP contribution in [0.5, 0.6) is 0 Å². The summed E-state index contributed by atoms with van der Waals surface area (Å²) < 4.78 is 21.7. The van der Waals surface area contributed by atoms with Gasteiger partial charge in [0.25, 0.3) is 0 Å². The van der Waals surface area contributed by atoms with Gasteiger partial charge in [-0.15, -0.1) is 0 Å². The standard InChI is InChI=1S/C18H22BrNO7/c1-10(21)24-9-14-16(25-11(2)22)17(26-12(3)23)15(18(19)27-14)20-13-7-5-4-6-8-13/h4-8,14-18,20H,9H2,1-3H3/t14-,15-,16-,17-,18+/m1/s1. The highest BCUT2D eigenvalue weighted by Crippen LogP contribution is 2.31. The molecule has 1 aliphatic rings. The second-order valence-electron chi connectivity index (χ2n) is 6.01. The van der Waals surface area contributed by atoms with Crippen molar-refractivity contribution >= 4 is 39.5 Å². The number of para-hydroxylation sites is 1. The van der Waals surface area contributed by atoms with Gasteiger partial charge in [-0.25, -0.2) is 0 Å². The van der Waals surface area contributed by atoms with Crippen LogP contribution in [0.1, 0.15) is 20.8 Å². The van der Waals surface area contributed by atoms with Crippen molar-refractivity contribution in [2.45, 2.75) is 50.1 Å². The summed E-state index contributed by atoms with van der Waals surface area (Å²) in [5, 5.41) is 2.62. The number of carbonyl (C=O) groups excluding carboxylic acids is 3. The van der Waals surface area contributed by atoms with Crippen LogP contribution in [-0.4, -0.2) is 53.9 Å². The molecule has 0 radical (unpaired) electrons. The highest BCUT2D eigenvalue weighted by Gasteiger charge is 2.49. The second-order valence-corrected chi connectivity index (χ2v) is 6.92. The van der Waals surface area contributed by atoms with E-state index in [1.807, 2.05) is 30.3 Å². The number of hydrogen-bond acceptors (Lipinski definition) is 8. The van der Waals surface area contributed by atoms with E-state index in [0.29, 0.717) is 0 Å². The number of halogens is 1. The Balaban J connectivity index is 2.30. The van der Waals surface area contributed by atoms with Crippen molar-refractivity contribution in [3.63, 3.8) is 0 Å². The Morgan fingerprint density at radius 1 is 1.00 bits per heavy atom. The first-order valence-corrected chi connectivity index (χ1v) is 9.28. The molecular weight excluding hydrogens is 422 g/mol. The van der Waals surface area contributed by atoms with E-state index >= 15 is 0 Å². The van der Waals surface area contributed by atoms with Gasteiger partial charge in [0.15, 0.2) is 12.2 Å². The Labute approximate surface area is 165 Å². The molecule has 9 heteroatoms. The van der Waals surface area contributed by atoms with Gasteiger partial charge in [0.2, 0.25) is 0 Å². The number of rotatable bonds is 6. The molecule has 1 aromatic carbocycles. The summed E-state index contributed by atoms with van der Waals surface area (Å²) in [5.74, 6) is -1.61. The molecule has 148 valence electrons. The quantitative estimate of drug-likeness (QED) is 0.404. The lowest BCUT2D eigenvalue weighted by Crippen LogP contribution is -2.62. The van der Waals surface area contributed by atoms with Crippen molar-refractivity contribution in [1.82, 2.24) is 0 Å². The number of anilines is 1. The summed E-state index contributed by atoms with van der Waals surface area (Å²) >= 11 is 3.43. The zero-order chi connectivity index (χ0) is 20.0. The molecule has 1 fully saturated rings. The van der Waals surface area contributed by atoms with Crippen molar-refractivity contribution in [2.24, 2.45) is 0 Å². The Kier molecular flexibility index (Phi) is 7.61. The molecule has 0 bridgehead atoms. The Morgan fingerprint density at radius 2 is 1.59 bits per heavy atom. The topological polar surface area (TPSA) is 100 Å². The van der Waals surface area contributed by atoms with Crippen LogP contribution in [0.4, 0.5) is 5.69 Å². The fourth-order valence-corrected chi connectivity index (χ4v) is 3.48. The van der Waals surface area contributed by atoms with E-state index in [1.165, 1.54) is 20.8 Å². The third-order valence-corrected chi connectivity index (χ3v) is 4.58. The summed E-state index contributed by atoms with van der Waals surface area (Å²) in [6.07, 6.45) is -2.63. The molecule has 27 heavy (non-hydrogen) atoms. The summed E-state index contributed by atoms with van der Waals surface area (Å²) in [6, 6.07) is 8.70. The van der Waals surface area contributed by atoms with E-state index in [-0.39, 0.29) is 6.61 Å². The second kappa shape index (κ2) is 9.70. The van der Waals surface area contributed by atoms with Crippen LogP contribution in [0.15, 0.2) is 30.3 Å². The smallest absolute Gasteiger partial charge is 0.303 e. The zero-order valence-corrected chi connectivity index (χ0v) is 16.8. The molecule has 0 aliphatic carbocycles. The molecule has 0 spiro atoms. The van der Waals surface area contributed by atoms with Gasteiger partial charge in [-0.05, 0) is 12.1 Å². The number of esters is 3. The van der Waals surface area contributed by atoms with E-state index in [4.69, 9.17) is 18.9 Å². The molecule has 1 aliphatic heterocycles. The summed E-state index contributed by atoms with van der Waals surface area (Å²) in [5.41, 5.74) is 0.771. The molecule has 5 atom stereocenters. The van der Waals surface area contributed by atoms with Crippen LogP contribution in [-0.2, 0) is 33.3 Å². The average Bonchev–Trinajstić information content (AvgIpc) is 2.59. The highest BCUT2D eigenvalue weighted by atomic mass is 79.9. The summed E-state index contributed by atoms with van der Waals surface area (Å²) in [6.45, 7) is 3.63. The minimum atomic E-state index is -0.958. The maximum Gasteiger partial charge on any atom is 0.303 e. The van der Waals surface area contributed by atoms with Gasteiger partial charge in [-0.2, -0.15) is 0 Å². The fraction of sp³-hybridized carbons (Fsp3) is 0.500. The number of ether oxygens (including phenoxy) is 4. The molecule has 0 unspecified atom stereocenters. The van der Waals surface area contributed by atoms with Gasteiger partial charge in [-0.3, -0.25) is 14.4 Å². The Hall–Kier alpha value is -2.13. The van der Waals surface area contributed by atoms with E-state index in [9.17, 15) is 14.4 Å². The molecule has 1 saturated heterocycles. The summed E-state index contributed by atoms with van der Waals surface area (Å²) in [7, 11) is 0. The van der Waals surface area contributed by atoms with Crippen molar-refractivity contribution in [3.05, 3.63) is 30.3 Å². The maximum atomic E-state index is 11.7. The van der Waals surface area contributed by atoms with Crippen LogP contribution < -0.4 is 5.32 Å². The first kappa shape index (κ1) is 21.2. The lowest BCUT2D eigenvalue weighted by molar-refractivity contribution is -0.206. The first-order valence-electron chi connectivity index (χ1n) is 8.37. The molecule has 0 amide bonds. The number of hydrogen-bond donors (Lipinski definition) is 1. The highest BCUT2D eigenvalue weighted by molar-refractivity contribution is 9.09. The van der Waals surface area contributed by atoms with Crippen molar-refractivity contribution in [1.29, 1.82) is 0 Å². The number of carbonyl (C=O) groups is 3. The molecular formula is C18H22BrNO7. The molecule has 1 heterocycles. The van der Waals surface area contributed by atoms with Gasteiger partial charge in [0, 0.05) is 26.5 Å². The largest absolute Gasteiger partial charge is 0.463 e. The Bertz CT molecular complexity index is 669. The van der Waals surface area contributed by atoms with Gasteiger partial charge in [0.1, 0.15) is 23.8 Å². The normalized spacial score (nSPS) is 27.3. The molecule has 8 nitrogen and oxygen atoms in total. The SMILES string of the molecule is CC(=O)OC[C@H]1O[C@H](Br)[C@H](Nc2ccccc2)[C@@H](OC(C)=O)[C@@H]1OC(C)=O. The van der Waals surface area contributed by atoms with Gasteiger partial charge in [-0.1, -0.05) is 34.1 Å². The third-order valence-electron chi connectivity index (χ3n) is 3.79. The van der Waals surface area contributed by atoms with E-state index in [1.54, 1.807) is 0 Å². The van der Waals surface area contributed by atoms with Crippen molar-refractivity contribution in [2.75, 3.05) is 11.9 Å². The van der Waals surface area contributed by atoms with Gasteiger partial charge in [0.05, 0.1) is 0 Å². The van der Waals surface area contributed by atoms with Crippen LogP contribution in [0.3, 0.4) is 0 Å².